The van der Waals surface area contributed by atoms with Gasteiger partial charge in [0.25, 0.3) is 0 Å². The number of aryl methyl sites for hydroxylation is 1. The summed E-state index contributed by atoms with van der Waals surface area (Å²) in [6.07, 6.45) is 0. The zero-order chi connectivity index (χ0) is 43.6. The number of para-hydroxylation sites is 1. The molecule has 3 atom stereocenters. The quantitative estimate of drug-likeness (QED) is 0.0592. The second-order valence-corrected chi connectivity index (χ2v) is 13.6. The second kappa shape index (κ2) is 20.1. The predicted molar refractivity (Wildman–Crippen MR) is 216 cm³/mol. The summed E-state index contributed by atoms with van der Waals surface area (Å²) in [6.45, 7) is 8.47. The van der Waals surface area contributed by atoms with Crippen molar-refractivity contribution in [3.63, 3.8) is 0 Å². The van der Waals surface area contributed by atoms with Crippen LogP contribution in [0.3, 0.4) is 0 Å². The van der Waals surface area contributed by atoms with Gasteiger partial charge in [-0.2, -0.15) is 15.2 Å². The van der Waals surface area contributed by atoms with Gasteiger partial charge in [0.15, 0.2) is 0 Å². The van der Waals surface area contributed by atoms with Gasteiger partial charge in [-0.25, -0.2) is 14.4 Å². The number of urea groups is 3. The summed E-state index contributed by atoms with van der Waals surface area (Å²) in [5.74, 6) is 1.33. The number of ether oxygens (including phenoxy) is 1. The molecule has 0 spiro atoms. The number of benzene rings is 3. The van der Waals surface area contributed by atoms with Gasteiger partial charge >= 0.3 is 18.1 Å². The average molecular weight is 825 g/mol. The molecular formula is C39H49ClN8O10. The van der Waals surface area contributed by atoms with Crippen molar-refractivity contribution >= 4 is 68.4 Å². The molecule has 3 unspecified atom stereocenters. The van der Waals surface area contributed by atoms with Gasteiger partial charge in [-0.3, -0.25) is 20.4 Å². The summed E-state index contributed by atoms with van der Waals surface area (Å²) in [7, 11) is 3.47. The molecule has 7 amide bonds. The highest BCUT2D eigenvalue weighted by atomic mass is 35.5. The monoisotopic (exact) mass is 824 g/mol. The van der Waals surface area contributed by atoms with E-state index in [1.165, 1.54) is 0 Å². The van der Waals surface area contributed by atoms with Gasteiger partial charge in [-0.15, -0.1) is 0 Å². The molecule has 0 radical (unpaired) electrons. The smallest absolute Gasteiger partial charge is 0.339 e. The first-order valence-electron chi connectivity index (χ1n) is 17.6. The van der Waals surface area contributed by atoms with Gasteiger partial charge in [0.1, 0.15) is 40.5 Å². The third-order valence-corrected chi connectivity index (χ3v) is 9.06. The lowest BCUT2D eigenvalue weighted by atomic mass is 10.2. The number of fused-ring (bicyclic) bond motifs is 3. The van der Waals surface area contributed by atoms with E-state index < -0.39 is 36.2 Å². The molecule has 3 heterocycles. The van der Waals surface area contributed by atoms with Crippen molar-refractivity contribution < 1.29 is 48.4 Å². The number of primary amides is 4. The van der Waals surface area contributed by atoms with Crippen LogP contribution in [0.2, 0.25) is 5.02 Å². The highest BCUT2D eigenvalue weighted by molar-refractivity contribution is 6.31. The average Bonchev–Trinajstić information content (AvgIpc) is 3.91. The van der Waals surface area contributed by atoms with Crippen molar-refractivity contribution in [1.29, 1.82) is 0 Å². The molecule has 18 nitrogen and oxygen atoms in total. The van der Waals surface area contributed by atoms with E-state index in [1.807, 2.05) is 41.9 Å². The molecule has 58 heavy (non-hydrogen) atoms. The van der Waals surface area contributed by atoms with Crippen LogP contribution in [0.5, 0.6) is 5.75 Å². The largest absolute Gasteiger partial charge is 0.497 e. The number of amides is 7. The summed E-state index contributed by atoms with van der Waals surface area (Å²) in [4.78, 5) is 42.5. The predicted octanol–water partition coefficient (Wildman–Crippen LogP) is 7.33. The maximum Gasteiger partial charge on any atom is 0.339 e. The molecule has 19 heteroatoms. The molecule has 0 aliphatic heterocycles. The van der Waals surface area contributed by atoms with Crippen molar-refractivity contribution in [2.24, 2.45) is 35.9 Å². The number of furan rings is 2. The molecule has 6 aromatic rings. The number of carbonyl (C=O) groups excluding carboxylic acids is 4. The number of aromatic nitrogens is 1. The minimum atomic E-state index is -0.934. The Morgan fingerprint density at radius 3 is 1.55 bits per heavy atom. The van der Waals surface area contributed by atoms with Crippen LogP contribution >= 0.6 is 11.6 Å². The number of hydrogen-bond acceptors (Lipinski definition) is 10. The highest BCUT2D eigenvalue weighted by Crippen LogP contribution is 2.30. The summed E-state index contributed by atoms with van der Waals surface area (Å²) in [5, 5.41) is 33.1. The van der Waals surface area contributed by atoms with Crippen LogP contribution in [0, 0.1) is 5.92 Å². The fourth-order valence-electron chi connectivity index (χ4n) is 5.27. The molecule has 0 saturated carbocycles. The summed E-state index contributed by atoms with van der Waals surface area (Å²) < 4.78 is 18.1. The number of rotatable bonds is 8. The van der Waals surface area contributed by atoms with E-state index in [2.05, 4.69) is 0 Å². The van der Waals surface area contributed by atoms with Crippen LogP contribution in [0.25, 0.3) is 32.8 Å². The summed E-state index contributed by atoms with van der Waals surface area (Å²) >= 11 is 5.84. The van der Waals surface area contributed by atoms with E-state index in [9.17, 15) is 34.8 Å². The van der Waals surface area contributed by atoms with E-state index >= 15 is 0 Å². The first-order chi connectivity index (χ1) is 27.2. The molecule has 312 valence electrons. The van der Waals surface area contributed by atoms with Gasteiger partial charge in [-0.05, 0) is 86.8 Å². The molecule has 0 saturated heterocycles. The molecule has 6 rings (SSSR count). The minimum absolute atomic E-state index is 0.00926. The number of carbonyl (C=O) groups is 4. The molecule has 0 bridgehead atoms. The highest BCUT2D eigenvalue weighted by Gasteiger charge is 2.23. The van der Waals surface area contributed by atoms with Crippen LogP contribution in [-0.4, -0.2) is 66.5 Å². The van der Waals surface area contributed by atoms with Crippen LogP contribution in [0.15, 0.2) is 87.7 Å². The Hall–Kier alpha value is -6.47. The lowest BCUT2D eigenvalue weighted by Gasteiger charge is -2.21. The fourth-order valence-corrected chi connectivity index (χ4v) is 5.45. The van der Waals surface area contributed by atoms with Crippen molar-refractivity contribution in [2.45, 2.75) is 52.7 Å². The van der Waals surface area contributed by atoms with Crippen LogP contribution in [0.4, 0.5) is 14.4 Å². The maximum absolute atomic E-state index is 10.9. The Morgan fingerprint density at radius 1 is 0.655 bits per heavy atom. The Bertz CT molecular complexity index is 2360. The Labute approximate surface area is 338 Å². The number of nitrogens with two attached hydrogens (primary N) is 4. The maximum atomic E-state index is 10.9. The van der Waals surface area contributed by atoms with Gasteiger partial charge in [0, 0.05) is 40.0 Å². The number of halogens is 1. The molecule has 11 N–H and O–H groups in total. The lowest BCUT2D eigenvalue weighted by Crippen LogP contribution is -2.35. The van der Waals surface area contributed by atoms with Crippen molar-refractivity contribution in [3.05, 3.63) is 101 Å². The fraction of sp³-hybridized carbons (Fsp3) is 0.282. The van der Waals surface area contributed by atoms with Crippen LogP contribution in [0.1, 0.15) is 70.0 Å². The lowest BCUT2D eigenvalue weighted by molar-refractivity contribution is -0.120. The normalized spacial score (nSPS) is 12.2. The SMILES string of the molecule is CC(C)C(N)=O.CC(c1cc2cc(Cl)ccc2o1)N(O)C(N)=O.CC(c1cc2ccccc2n1C)N(O)C(N)=O.COc1ccc2oc(C(C)N(O)C(N)=O)cc2c1. The first-order valence-corrected chi connectivity index (χ1v) is 18.0. The zero-order valence-corrected chi connectivity index (χ0v) is 33.7. The van der Waals surface area contributed by atoms with Gasteiger partial charge in [0.2, 0.25) is 5.91 Å². The molecule has 0 aliphatic rings. The number of methoxy groups -OCH3 is 1. The Kier molecular flexibility index (Phi) is 15.9. The van der Waals surface area contributed by atoms with Gasteiger partial charge in [-0.1, -0.05) is 43.6 Å². The summed E-state index contributed by atoms with van der Waals surface area (Å²) in [6, 6.07) is 19.2. The van der Waals surface area contributed by atoms with E-state index in [0.717, 1.165) is 27.4 Å². The third-order valence-electron chi connectivity index (χ3n) is 8.83. The van der Waals surface area contributed by atoms with E-state index in [0.29, 0.717) is 48.6 Å². The van der Waals surface area contributed by atoms with E-state index in [-0.39, 0.29) is 11.8 Å². The number of nitrogens with zero attached hydrogens (tertiary/aromatic N) is 4. The van der Waals surface area contributed by atoms with Gasteiger partial charge < -0.3 is 41.1 Å². The van der Waals surface area contributed by atoms with Gasteiger partial charge in [0.05, 0.1) is 13.2 Å². The number of hydrogen-bond donors (Lipinski definition) is 7. The van der Waals surface area contributed by atoms with Crippen LogP contribution < -0.4 is 27.7 Å². The van der Waals surface area contributed by atoms with Crippen molar-refractivity contribution in [1.82, 2.24) is 19.8 Å². The molecular weight excluding hydrogens is 776 g/mol. The number of hydroxylamine groups is 6. The molecule has 3 aromatic heterocycles. The topological polar surface area (TPSA) is 283 Å². The Morgan fingerprint density at radius 2 is 1.10 bits per heavy atom. The minimum Gasteiger partial charge on any atom is -0.497 e. The second-order valence-electron chi connectivity index (χ2n) is 13.2. The summed E-state index contributed by atoms with van der Waals surface area (Å²) in [5.41, 5.74) is 23.0. The molecule has 0 fully saturated rings. The van der Waals surface area contributed by atoms with E-state index in [1.54, 1.807) is 90.3 Å². The Balaban J connectivity index is 0.000000217. The molecule has 3 aromatic carbocycles. The zero-order valence-electron chi connectivity index (χ0n) is 33.0. The van der Waals surface area contributed by atoms with E-state index in [4.69, 9.17) is 48.1 Å². The van der Waals surface area contributed by atoms with Crippen LogP contribution in [-0.2, 0) is 11.8 Å². The molecule has 0 aliphatic carbocycles. The first kappa shape index (κ1) is 45.9. The van der Waals surface area contributed by atoms with Crippen molar-refractivity contribution in [2.75, 3.05) is 7.11 Å². The third kappa shape index (κ3) is 11.5. The van der Waals surface area contributed by atoms with Crippen molar-refractivity contribution in [3.8, 4) is 5.75 Å². The standard InChI is InChI=1S/C12H15N3O2.C12H14N2O4.C11H11ClN2O3.C4H9NO/c1-8(15(17)12(13)16)11-7-9-5-3-4-6-10(9)14(11)2;1-7(14(16)12(13)15)11-6-8-5-9(17-2)3-4-10(8)18-11;1-6(14(16)11(13)15)10-5-7-4-8(12)2-3-9(7)17-10;1-3(2)4(5)6/h3-8,17H,1-2H3,(H2,13,16);3-7,16H,1-2H3,(H2,13,15);2-6,16H,1H3,(H2,13,15);3H,1-2H3,(H2,5,6).